The first-order valence-corrected chi connectivity index (χ1v) is 8.36. The van der Waals surface area contributed by atoms with E-state index in [9.17, 15) is 4.79 Å². The van der Waals surface area contributed by atoms with Crippen molar-refractivity contribution < 1.29 is 13.9 Å². The fraction of sp³-hybridized carbons (Fsp3) is 0.353. The van der Waals surface area contributed by atoms with Crippen molar-refractivity contribution in [3.63, 3.8) is 0 Å². The average Bonchev–Trinajstić information content (AvgIpc) is 3.01. The molecule has 0 saturated carbocycles. The summed E-state index contributed by atoms with van der Waals surface area (Å²) in [7, 11) is 0. The molecule has 6 heteroatoms. The maximum absolute atomic E-state index is 12.0. The Morgan fingerprint density at radius 2 is 2.00 bits per heavy atom. The molecule has 1 atom stereocenters. The number of hydrogen-bond acceptors (Lipinski definition) is 4. The number of hydrogen-bond donors (Lipinski definition) is 2. The van der Waals surface area contributed by atoms with Crippen molar-refractivity contribution in [1.29, 1.82) is 0 Å². The number of halogens is 1. The zero-order chi connectivity index (χ0) is 16.7. The summed E-state index contributed by atoms with van der Waals surface area (Å²) < 4.78 is 12.1. The molecule has 0 aliphatic carbocycles. The third-order valence-corrected chi connectivity index (χ3v) is 3.73. The van der Waals surface area contributed by atoms with E-state index in [-0.39, 0.29) is 18.6 Å². The second-order valence-corrected chi connectivity index (χ2v) is 6.09. The number of rotatable bonds is 8. The number of ether oxygens (including phenoxy) is 1. The molecule has 0 radical (unpaired) electrons. The maximum atomic E-state index is 12.0. The first-order valence-electron chi connectivity index (χ1n) is 7.57. The summed E-state index contributed by atoms with van der Waals surface area (Å²) in [6.07, 6.45) is 0. The number of nitrogens with one attached hydrogen (secondary N) is 2. The van der Waals surface area contributed by atoms with Gasteiger partial charge in [0.1, 0.15) is 18.1 Å². The van der Waals surface area contributed by atoms with E-state index < -0.39 is 0 Å². The molecule has 2 rings (SSSR count). The monoisotopic (exact) mass is 380 g/mol. The summed E-state index contributed by atoms with van der Waals surface area (Å²) in [5.74, 6) is 1.43. The van der Waals surface area contributed by atoms with Crippen LogP contribution in [-0.4, -0.2) is 25.0 Å². The van der Waals surface area contributed by atoms with Gasteiger partial charge in [-0.1, -0.05) is 22.9 Å². The Morgan fingerprint density at radius 3 is 2.70 bits per heavy atom. The van der Waals surface area contributed by atoms with Crippen LogP contribution in [0.5, 0.6) is 5.75 Å². The molecule has 0 saturated heterocycles. The van der Waals surface area contributed by atoms with Gasteiger partial charge >= 0.3 is 0 Å². The van der Waals surface area contributed by atoms with Crippen molar-refractivity contribution in [2.24, 2.45) is 0 Å². The summed E-state index contributed by atoms with van der Waals surface area (Å²) in [5, 5.41) is 6.07. The van der Waals surface area contributed by atoms with Gasteiger partial charge in [-0.3, -0.25) is 4.79 Å². The van der Waals surface area contributed by atoms with Gasteiger partial charge in [-0.2, -0.15) is 0 Å². The SMILES string of the molecule is CCN[C@H](C)CNC(=O)c1ccc(COc2ccc(Br)cc2)o1. The van der Waals surface area contributed by atoms with E-state index in [2.05, 4.69) is 26.6 Å². The molecule has 0 unspecified atom stereocenters. The molecule has 2 N–H and O–H groups in total. The lowest BCUT2D eigenvalue weighted by Gasteiger charge is -2.12. The van der Waals surface area contributed by atoms with Crippen LogP contribution in [0, 0.1) is 0 Å². The highest BCUT2D eigenvalue weighted by Crippen LogP contribution is 2.18. The minimum Gasteiger partial charge on any atom is -0.486 e. The van der Waals surface area contributed by atoms with Crippen molar-refractivity contribution in [2.45, 2.75) is 26.5 Å². The molecule has 0 bridgehead atoms. The molecule has 0 fully saturated rings. The first kappa shape index (κ1) is 17.6. The predicted molar refractivity (Wildman–Crippen MR) is 92.7 cm³/mol. The van der Waals surface area contributed by atoms with Crippen molar-refractivity contribution in [3.05, 3.63) is 52.4 Å². The van der Waals surface area contributed by atoms with Gasteiger partial charge in [-0.15, -0.1) is 0 Å². The average molecular weight is 381 g/mol. The fourth-order valence-corrected chi connectivity index (χ4v) is 2.28. The Labute approximate surface area is 144 Å². The molecule has 2 aromatic rings. The molecule has 23 heavy (non-hydrogen) atoms. The zero-order valence-electron chi connectivity index (χ0n) is 13.3. The summed E-state index contributed by atoms with van der Waals surface area (Å²) in [6.45, 7) is 5.75. The van der Waals surface area contributed by atoms with E-state index >= 15 is 0 Å². The summed E-state index contributed by atoms with van der Waals surface area (Å²) in [6, 6.07) is 11.2. The normalized spacial score (nSPS) is 12.0. The topological polar surface area (TPSA) is 63.5 Å². The standard InChI is InChI=1S/C17H21BrN2O3/c1-3-19-12(2)10-20-17(21)16-9-8-15(23-16)11-22-14-6-4-13(18)5-7-14/h4-9,12,19H,3,10-11H2,1-2H3,(H,20,21)/t12-/m1/s1. The molecule has 1 heterocycles. The van der Waals surface area contributed by atoms with Crippen molar-refractivity contribution >= 4 is 21.8 Å². The van der Waals surface area contributed by atoms with Crippen molar-refractivity contribution in [1.82, 2.24) is 10.6 Å². The third-order valence-electron chi connectivity index (χ3n) is 3.20. The van der Waals surface area contributed by atoms with Crippen LogP contribution in [0.4, 0.5) is 0 Å². The number of amides is 1. The fourth-order valence-electron chi connectivity index (χ4n) is 2.02. The number of benzene rings is 1. The van der Waals surface area contributed by atoms with Gasteiger partial charge in [0, 0.05) is 17.1 Å². The second-order valence-electron chi connectivity index (χ2n) is 5.18. The summed E-state index contributed by atoms with van der Waals surface area (Å²) in [4.78, 5) is 12.0. The largest absolute Gasteiger partial charge is 0.486 e. The molecule has 0 aliphatic heterocycles. The van der Waals surface area contributed by atoms with Crippen LogP contribution in [-0.2, 0) is 6.61 Å². The van der Waals surface area contributed by atoms with Crippen LogP contribution < -0.4 is 15.4 Å². The Hall–Kier alpha value is -1.79. The molecule has 1 amide bonds. The molecular weight excluding hydrogens is 360 g/mol. The van der Waals surface area contributed by atoms with Crippen molar-refractivity contribution in [2.75, 3.05) is 13.1 Å². The van der Waals surface area contributed by atoms with Gasteiger partial charge in [-0.25, -0.2) is 0 Å². The van der Waals surface area contributed by atoms with Crippen LogP contribution in [0.15, 0.2) is 45.3 Å². The van der Waals surface area contributed by atoms with Crippen LogP contribution >= 0.6 is 15.9 Å². The first-order chi connectivity index (χ1) is 11.1. The van der Waals surface area contributed by atoms with Crippen molar-refractivity contribution in [3.8, 4) is 5.75 Å². The van der Waals surface area contributed by atoms with E-state index in [4.69, 9.17) is 9.15 Å². The maximum Gasteiger partial charge on any atom is 0.287 e. The lowest BCUT2D eigenvalue weighted by Crippen LogP contribution is -2.38. The second kappa shape index (κ2) is 8.74. The van der Waals surface area contributed by atoms with Gasteiger partial charge in [-0.05, 0) is 49.9 Å². The molecule has 1 aromatic heterocycles. The van der Waals surface area contributed by atoms with Gasteiger partial charge in [0.2, 0.25) is 0 Å². The lowest BCUT2D eigenvalue weighted by atomic mass is 10.3. The van der Waals surface area contributed by atoms with E-state index in [0.717, 1.165) is 16.8 Å². The molecular formula is C17H21BrN2O3. The molecule has 1 aromatic carbocycles. The highest BCUT2D eigenvalue weighted by molar-refractivity contribution is 9.10. The minimum atomic E-state index is -0.218. The van der Waals surface area contributed by atoms with Gasteiger partial charge in [0.25, 0.3) is 5.91 Å². The Bertz CT molecular complexity index is 625. The quantitative estimate of drug-likeness (QED) is 0.736. The van der Waals surface area contributed by atoms with Gasteiger partial charge < -0.3 is 19.8 Å². The van der Waals surface area contributed by atoms with Crippen LogP contribution in [0.1, 0.15) is 30.2 Å². The molecule has 124 valence electrons. The number of carbonyl (C=O) groups is 1. The minimum absolute atomic E-state index is 0.218. The van der Waals surface area contributed by atoms with Crippen LogP contribution in [0.2, 0.25) is 0 Å². The molecule has 0 spiro atoms. The molecule has 5 nitrogen and oxygen atoms in total. The highest BCUT2D eigenvalue weighted by atomic mass is 79.9. The zero-order valence-corrected chi connectivity index (χ0v) is 14.9. The predicted octanol–water partition coefficient (Wildman–Crippen LogP) is 3.35. The van der Waals surface area contributed by atoms with Crippen LogP contribution in [0.3, 0.4) is 0 Å². The summed E-state index contributed by atoms with van der Waals surface area (Å²) >= 11 is 3.37. The number of likely N-dealkylation sites (N-methyl/N-ethyl adjacent to an activating group) is 1. The lowest BCUT2D eigenvalue weighted by molar-refractivity contribution is 0.0918. The Morgan fingerprint density at radius 1 is 1.26 bits per heavy atom. The highest BCUT2D eigenvalue weighted by Gasteiger charge is 2.12. The van der Waals surface area contributed by atoms with E-state index in [1.165, 1.54) is 0 Å². The Balaban J connectivity index is 1.82. The summed E-state index contributed by atoms with van der Waals surface area (Å²) in [5.41, 5.74) is 0. The van der Waals surface area contributed by atoms with E-state index in [1.807, 2.05) is 38.1 Å². The van der Waals surface area contributed by atoms with Gasteiger partial charge in [0.05, 0.1) is 0 Å². The van der Waals surface area contributed by atoms with E-state index in [1.54, 1.807) is 12.1 Å². The Kier molecular flexibility index (Phi) is 6.67. The van der Waals surface area contributed by atoms with E-state index in [0.29, 0.717) is 18.1 Å². The number of carbonyl (C=O) groups excluding carboxylic acids is 1. The smallest absolute Gasteiger partial charge is 0.287 e. The van der Waals surface area contributed by atoms with Gasteiger partial charge in [0.15, 0.2) is 5.76 Å². The molecule has 0 aliphatic rings. The third kappa shape index (κ3) is 5.73. The number of furan rings is 1. The van der Waals surface area contributed by atoms with Crippen LogP contribution in [0.25, 0.3) is 0 Å².